The average Bonchev–Trinajstić information content (AvgIpc) is 2.98. The van der Waals surface area contributed by atoms with Gasteiger partial charge in [0.25, 0.3) is 0 Å². The van der Waals surface area contributed by atoms with E-state index < -0.39 is 0 Å². The summed E-state index contributed by atoms with van der Waals surface area (Å²) in [6, 6.07) is -0.0600. The van der Waals surface area contributed by atoms with Gasteiger partial charge in [0.15, 0.2) is 5.13 Å². The highest BCUT2D eigenvalue weighted by Gasteiger charge is 2.36. The standard InChI is InChI=1S/C19H32N4O2S/c1-14(2)17(23-12-15(3)25-16(4)13-23)18(24)21-7-5-8-22(10-9-21)19-20-6-11-26-19/h6,11,14-17H,5,7-10,12-13H2,1-4H3. The quantitative estimate of drug-likeness (QED) is 0.802. The lowest BCUT2D eigenvalue weighted by Gasteiger charge is -2.42. The molecule has 0 spiro atoms. The molecule has 0 aromatic carbocycles. The molecule has 0 bridgehead atoms. The Labute approximate surface area is 161 Å². The highest BCUT2D eigenvalue weighted by molar-refractivity contribution is 7.13. The summed E-state index contributed by atoms with van der Waals surface area (Å²) in [6.45, 7) is 13.6. The third-order valence-corrected chi connectivity index (χ3v) is 6.06. The van der Waals surface area contributed by atoms with Gasteiger partial charge in [-0.3, -0.25) is 9.69 Å². The number of amides is 1. The number of carbonyl (C=O) groups is 1. The molecule has 2 saturated heterocycles. The summed E-state index contributed by atoms with van der Waals surface area (Å²) in [4.78, 5) is 24.6. The van der Waals surface area contributed by atoms with E-state index in [0.717, 1.165) is 50.8 Å². The van der Waals surface area contributed by atoms with Crippen molar-refractivity contribution in [3.8, 4) is 0 Å². The molecular weight excluding hydrogens is 348 g/mol. The molecule has 26 heavy (non-hydrogen) atoms. The van der Waals surface area contributed by atoms with Crippen LogP contribution in [0.2, 0.25) is 0 Å². The zero-order valence-electron chi connectivity index (χ0n) is 16.4. The van der Waals surface area contributed by atoms with Crippen molar-refractivity contribution >= 4 is 22.4 Å². The zero-order chi connectivity index (χ0) is 18.7. The van der Waals surface area contributed by atoms with Crippen LogP contribution in [0.5, 0.6) is 0 Å². The van der Waals surface area contributed by atoms with Crippen LogP contribution in [0.3, 0.4) is 0 Å². The lowest BCUT2D eigenvalue weighted by atomic mass is 9.99. The van der Waals surface area contributed by atoms with Crippen LogP contribution in [0, 0.1) is 5.92 Å². The first-order valence-corrected chi connectivity index (χ1v) is 10.7. The van der Waals surface area contributed by atoms with Gasteiger partial charge in [-0.05, 0) is 26.2 Å². The molecule has 0 saturated carbocycles. The Morgan fingerprint density at radius 3 is 2.54 bits per heavy atom. The van der Waals surface area contributed by atoms with Crippen LogP contribution < -0.4 is 4.90 Å². The average molecular weight is 381 g/mol. The third-order valence-electron chi connectivity index (χ3n) is 5.22. The van der Waals surface area contributed by atoms with Gasteiger partial charge in [0.05, 0.1) is 18.2 Å². The van der Waals surface area contributed by atoms with E-state index in [1.54, 1.807) is 11.3 Å². The van der Waals surface area contributed by atoms with Crippen LogP contribution >= 0.6 is 11.3 Å². The van der Waals surface area contributed by atoms with Crippen molar-refractivity contribution in [1.82, 2.24) is 14.8 Å². The molecule has 3 atom stereocenters. The summed E-state index contributed by atoms with van der Waals surface area (Å²) in [6.07, 6.45) is 3.20. The van der Waals surface area contributed by atoms with E-state index in [-0.39, 0.29) is 24.2 Å². The molecule has 1 amide bonds. The largest absolute Gasteiger partial charge is 0.373 e. The maximum atomic E-state index is 13.4. The van der Waals surface area contributed by atoms with E-state index in [1.807, 2.05) is 11.6 Å². The molecule has 3 heterocycles. The van der Waals surface area contributed by atoms with Gasteiger partial charge in [-0.1, -0.05) is 13.8 Å². The fraction of sp³-hybridized carbons (Fsp3) is 0.789. The molecule has 0 aliphatic carbocycles. The number of nitrogens with zero attached hydrogens (tertiary/aromatic N) is 4. The first kappa shape index (κ1) is 19.6. The van der Waals surface area contributed by atoms with E-state index in [0.29, 0.717) is 5.92 Å². The molecule has 3 unspecified atom stereocenters. The number of hydrogen-bond donors (Lipinski definition) is 0. The van der Waals surface area contributed by atoms with Crippen molar-refractivity contribution in [3.63, 3.8) is 0 Å². The van der Waals surface area contributed by atoms with Crippen molar-refractivity contribution in [3.05, 3.63) is 11.6 Å². The Balaban J connectivity index is 1.67. The Hall–Kier alpha value is -1.18. The Bertz CT molecular complexity index is 570. The first-order chi connectivity index (χ1) is 12.5. The zero-order valence-corrected chi connectivity index (χ0v) is 17.2. The van der Waals surface area contributed by atoms with Crippen LogP contribution in [0.15, 0.2) is 11.6 Å². The highest BCUT2D eigenvalue weighted by atomic mass is 32.1. The van der Waals surface area contributed by atoms with Crippen molar-refractivity contribution < 1.29 is 9.53 Å². The Morgan fingerprint density at radius 2 is 1.92 bits per heavy atom. The number of rotatable bonds is 4. The predicted molar refractivity (Wildman–Crippen MR) is 106 cm³/mol. The SMILES string of the molecule is CC1CN(C(C(=O)N2CCCN(c3nccs3)CC2)C(C)C)CC(C)O1. The molecule has 1 aromatic heterocycles. The molecule has 7 heteroatoms. The number of ether oxygens (including phenoxy) is 1. The van der Waals surface area contributed by atoms with Gasteiger partial charge in [0.2, 0.25) is 5.91 Å². The first-order valence-electron chi connectivity index (χ1n) is 9.78. The molecule has 3 rings (SSSR count). The summed E-state index contributed by atoms with van der Waals surface area (Å²) in [5.74, 6) is 0.570. The van der Waals surface area contributed by atoms with Crippen LogP contribution in [-0.2, 0) is 9.53 Å². The van der Waals surface area contributed by atoms with Crippen LogP contribution in [-0.4, -0.2) is 78.2 Å². The maximum absolute atomic E-state index is 13.4. The molecule has 2 aliphatic rings. The second-order valence-corrected chi connectivity index (χ2v) is 8.75. The van der Waals surface area contributed by atoms with Crippen LogP contribution in [0.1, 0.15) is 34.1 Å². The fourth-order valence-electron chi connectivity index (χ4n) is 4.20. The highest BCUT2D eigenvalue weighted by Crippen LogP contribution is 2.23. The molecular formula is C19H32N4O2S. The van der Waals surface area contributed by atoms with Crippen LogP contribution in [0.25, 0.3) is 0 Å². The van der Waals surface area contributed by atoms with Gasteiger partial charge < -0.3 is 14.5 Å². The Kier molecular flexibility index (Phi) is 6.53. The molecule has 2 aliphatic heterocycles. The molecule has 146 valence electrons. The molecule has 1 aromatic rings. The van der Waals surface area contributed by atoms with Crippen molar-refractivity contribution in [2.24, 2.45) is 5.92 Å². The second-order valence-electron chi connectivity index (χ2n) is 7.88. The van der Waals surface area contributed by atoms with Gasteiger partial charge in [-0.2, -0.15) is 0 Å². The molecule has 0 radical (unpaired) electrons. The summed E-state index contributed by atoms with van der Waals surface area (Å²) < 4.78 is 5.87. The summed E-state index contributed by atoms with van der Waals surface area (Å²) >= 11 is 1.67. The van der Waals surface area contributed by atoms with Gasteiger partial charge in [0, 0.05) is 50.8 Å². The van der Waals surface area contributed by atoms with E-state index in [4.69, 9.17) is 4.74 Å². The molecule has 2 fully saturated rings. The van der Waals surface area contributed by atoms with E-state index in [9.17, 15) is 4.79 Å². The number of thiazole rings is 1. The van der Waals surface area contributed by atoms with E-state index >= 15 is 0 Å². The van der Waals surface area contributed by atoms with Gasteiger partial charge >= 0.3 is 0 Å². The van der Waals surface area contributed by atoms with E-state index in [1.165, 1.54) is 0 Å². The normalized spacial score (nSPS) is 26.8. The predicted octanol–water partition coefficient (Wildman–Crippen LogP) is 2.32. The Morgan fingerprint density at radius 1 is 1.19 bits per heavy atom. The maximum Gasteiger partial charge on any atom is 0.240 e. The second kappa shape index (κ2) is 8.67. The summed E-state index contributed by atoms with van der Waals surface area (Å²) in [5, 5.41) is 3.08. The number of aromatic nitrogens is 1. The fourth-order valence-corrected chi connectivity index (χ4v) is 4.89. The lowest BCUT2D eigenvalue weighted by molar-refractivity contribution is -0.145. The van der Waals surface area contributed by atoms with Gasteiger partial charge in [-0.15, -0.1) is 11.3 Å². The van der Waals surface area contributed by atoms with Crippen molar-refractivity contribution in [1.29, 1.82) is 0 Å². The van der Waals surface area contributed by atoms with Gasteiger partial charge in [-0.25, -0.2) is 4.98 Å². The number of morpholine rings is 1. The third kappa shape index (κ3) is 4.56. The smallest absolute Gasteiger partial charge is 0.240 e. The summed E-state index contributed by atoms with van der Waals surface area (Å²) in [5.41, 5.74) is 0. The number of anilines is 1. The van der Waals surface area contributed by atoms with Crippen molar-refractivity contribution in [2.75, 3.05) is 44.2 Å². The van der Waals surface area contributed by atoms with Crippen LogP contribution in [0.4, 0.5) is 5.13 Å². The minimum absolute atomic E-state index is 0.0600. The minimum Gasteiger partial charge on any atom is -0.373 e. The number of carbonyl (C=O) groups excluding carboxylic acids is 1. The topological polar surface area (TPSA) is 48.9 Å². The van der Waals surface area contributed by atoms with E-state index in [2.05, 4.69) is 47.4 Å². The summed E-state index contributed by atoms with van der Waals surface area (Å²) in [7, 11) is 0. The minimum atomic E-state index is -0.0600. The lowest BCUT2D eigenvalue weighted by Crippen LogP contribution is -2.58. The van der Waals surface area contributed by atoms with Gasteiger partial charge in [0.1, 0.15) is 0 Å². The molecule has 6 nitrogen and oxygen atoms in total. The molecule has 0 N–H and O–H groups in total. The number of hydrogen-bond acceptors (Lipinski definition) is 6. The van der Waals surface area contributed by atoms with Crippen molar-refractivity contribution in [2.45, 2.75) is 52.4 Å². The monoisotopic (exact) mass is 380 g/mol.